The molecule has 0 bridgehead atoms. The molecule has 5 nitrogen and oxygen atoms in total. The van der Waals surface area contributed by atoms with Crippen molar-refractivity contribution in [2.24, 2.45) is 0 Å². The number of carbonyl (C=O) groups is 1. The second kappa shape index (κ2) is 8.74. The average Bonchev–Trinajstić information content (AvgIpc) is 3.36. The van der Waals surface area contributed by atoms with Gasteiger partial charge in [-0.2, -0.15) is 4.98 Å². The average molecular weight is 414 g/mol. The summed E-state index contributed by atoms with van der Waals surface area (Å²) in [5.41, 5.74) is 1.73. The van der Waals surface area contributed by atoms with Crippen LogP contribution >= 0.6 is 11.6 Å². The van der Waals surface area contributed by atoms with Gasteiger partial charge in [-0.3, -0.25) is 4.79 Å². The smallest absolute Gasteiger partial charge is 0.227 e. The van der Waals surface area contributed by atoms with E-state index in [9.17, 15) is 9.18 Å². The SMILES string of the molecule is O=C(CCc1nc(-c2ccc(Cl)cc2)no1)N1CCCC1Cc1cccc(F)c1. The Morgan fingerprint density at radius 1 is 1.24 bits per heavy atom. The summed E-state index contributed by atoms with van der Waals surface area (Å²) in [6.07, 6.45) is 3.27. The Bertz CT molecular complexity index is 990. The minimum atomic E-state index is -0.244. The predicted octanol–water partition coefficient (Wildman–Crippen LogP) is 4.70. The van der Waals surface area contributed by atoms with Crippen LogP contribution < -0.4 is 0 Å². The van der Waals surface area contributed by atoms with E-state index in [0.717, 1.165) is 30.5 Å². The summed E-state index contributed by atoms with van der Waals surface area (Å²) < 4.78 is 18.7. The topological polar surface area (TPSA) is 59.2 Å². The van der Waals surface area contributed by atoms with E-state index in [0.29, 0.717) is 36.0 Å². The van der Waals surface area contributed by atoms with Crippen LogP contribution in [0.15, 0.2) is 53.1 Å². The number of aromatic nitrogens is 2. The van der Waals surface area contributed by atoms with Gasteiger partial charge in [-0.05, 0) is 61.2 Å². The van der Waals surface area contributed by atoms with Crippen LogP contribution in [0.3, 0.4) is 0 Å². The zero-order chi connectivity index (χ0) is 20.2. The predicted molar refractivity (Wildman–Crippen MR) is 108 cm³/mol. The zero-order valence-electron chi connectivity index (χ0n) is 15.9. The van der Waals surface area contributed by atoms with Gasteiger partial charge in [0.15, 0.2) is 0 Å². The molecule has 2 aromatic carbocycles. The summed E-state index contributed by atoms with van der Waals surface area (Å²) in [4.78, 5) is 19.0. The standard InChI is InChI=1S/C22H21ClFN3O2/c23-17-8-6-16(7-9-17)22-25-20(29-26-22)10-11-21(28)27-12-2-5-19(27)14-15-3-1-4-18(24)13-15/h1,3-4,6-9,13,19H,2,5,10-12,14H2. The van der Waals surface area contributed by atoms with Gasteiger partial charge >= 0.3 is 0 Å². The largest absolute Gasteiger partial charge is 0.339 e. The number of hydrogen-bond donors (Lipinski definition) is 0. The van der Waals surface area contributed by atoms with Crippen LogP contribution in [0.25, 0.3) is 11.4 Å². The van der Waals surface area contributed by atoms with E-state index in [1.165, 1.54) is 12.1 Å². The van der Waals surface area contributed by atoms with Crippen molar-refractivity contribution in [3.05, 3.63) is 70.8 Å². The quantitative estimate of drug-likeness (QED) is 0.588. The summed E-state index contributed by atoms with van der Waals surface area (Å²) in [6.45, 7) is 0.735. The molecule has 150 valence electrons. The monoisotopic (exact) mass is 413 g/mol. The fraction of sp³-hybridized carbons (Fsp3) is 0.318. The summed E-state index contributed by atoms with van der Waals surface area (Å²) in [5, 5.41) is 4.62. The number of aryl methyl sites for hydroxylation is 1. The molecule has 0 N–H and O–H groups in total. The number of benzene rings is 2. The third-order valence-electron chi connectivity index (χ3n) is 5.18. The summed E-state index contributed by atoms with van der Waals surface area (Å²) in [7, 11) is 0. The Morgan fingerprint density at radius 3 is 2.86 bits per heavy atom. The Labute approximate surface area is 173 Å². The lowest BCUT2D eigenvalue weighted by Crippen LogP contribution is -2.37. The summed E-state index contributed by atoms with van der Waals surface area (Å²) >= 11 is 5.90. The van der Waals surface area contributed by atoms with Gasteiger partial charge in [0.05, 0.1) is 0 Å². The van der Waals surface area contributed by atoms with Crippen molar-refractivity contribution in [1.82, 2.24) is 15.0 Å². The van der Waals surface area contributed by atoms with Gasteiger partial charge in [-0.25, -0.2) is 4.39 Å². The molecule has 1 aliphatic heterocycles. The minimum absolute atomic E-state index is 0.0649. The number of rotatable bonds is 6. The third kappa shape index (κ3) is 4.82. The van der Waals surface area contributed by atoms with Crippen LogP contribution in [0.5, 0.6) is 0 Å². The van der Waals surface area contributed by atoms with Crippen molar-refractivity contribution < 1.29 is 13.7 Å². The number of amides is 1. The van der Waals surface area contributed by atoms with E-state index in [4.69, 9.17) is 16.1 Å². The lowest BCUT2D eigenvalue weighted by Gasteiger charge is -2.24. The molecule has 3 aromatic rings. The molecule has 1 unspecified atom stereocenters. The van der Waals surface area contributed by atoms with E-state index in [1.807, 2.05) is 23.1 Å². The van der Waals surface area contributed by atoms with Crippen molar-refractivity contribution in [3.63, 3.8) is 0 Å². The fourth-order valence-corrected chi connectivity index (χ4v) is 3.87. The van der Waals surface area contributed by atoms with Crippen molar-refractivity contribution >= 4 is 17.5 Å². The molecule has 1 atom stereocenters. The highest BCUT2D eigenvalue weighted by molar-refractivity contribution is 6.30. The van der Waals surface area contributed by atoms with Crippen molar-refractivity contribution in [3.8, 4) is 11.4 Å². The maximum atomic E-state index is 13.4. The third-order valence-corrected chi connectivity index (χ3v) is 5.43. The van der Waals surface area contributed by atoms with Crippen LogP contribution in [-0.2, 0) is 17.6 Å². The molecule has 1 saturated heterocycles. The number of likely N-dealkylation sites (tertiary alicyclic amines) is 1. The first-order chi connectivity index (χ1) is 14.1. The van der Waals surface area contributed by atoms with Gasteiger partial charge in [0.2, 0.25) is 17.6 Å². The summed E-state index contributed by atoms with van der Waals surface area (Å²) in [6, 6.07) is 13.9. The number of hydrogen-bond acceptors (Lipinski definition) is 4. The van der Waals surface area contributed by atoms with Crippen LogP contribution in [0.2, 0.25) is 5.02 Å². The molecule has 1 aromatic heterocycles. The molecule has 1 fully saturated rings. The Hall–Kier alpha value is -2.73. The van der Waals surface area contributed by atoms with E-state index in [2.05, 4.69) is 10.1 Å². The van der Waals surface area contributed by atoms with Gasteiger partial charge in [-0.15, -0.1) is 0 Å². The number of carbonyl (C=O) groups excluding carboxylic acids is 1. The molecular weight excluding hydrogens is 393 g/mol. The van der Waals surface area contributed by atoms with Crippen LogP contribution in [-0.4, -0.2) is 33.5 Å². The lowest BCUT2D eigenvalue weighted by molar-refractivity contribution is -0.132. The second-order valence-corrected chi connectivity index (χ2v) is 7.67. The molecular formula is C22H21ClFN3O2. The Kier molecular flexibility index (Phi) is 5.90. The first-order valence-electron chi connectivity index (χ1n) is 9.71. The molecule has 0 aliphatic carbocycles. The highest BCUT2D eigenvalue weighted by atomic mass is 35.5. The molecule has 0 radical (unpaired) electrons. The second-order valence-electron chi connectivity index (χ2n) is 7.24. The van der Waals surface area contributed by atoms with Gasteiger partial charge in [0, 0.05) is 36.0 Å². The number of halogens is 2. The van der Waals surface area contributed by atoms with Crippen LogP contribution in [0.4, 0.5) is 4.39 Å². The van der Waals surface area contributed by atoms with Gasteiger partial charge in [0.25, 0.3) is 0 Å². The summed E-state index contributed by atoms with van der Waals surface area (Å²) in [5.74, 6) is 0.736. The molecule has 0 saturated carbocycles. The molecule has 0 spiro atoms. The van der Waals surface area contributed by atoms with Gasteiger partial charge < -0.3 is 9.42 Å². The molecule has 1 amide bonds. The Balaban J connectivity index is 1.35. The zero-order valence-corrected chi connectivity index (χ0v) is 16.6. The molecule has 7 heteroatoms. The number of nitrogens with zero attached hydrogens (tertiary/aromatic N) is 3. The lowest BCUT2D eigenvalue weighted by atomic mass is 10.0. The molecule has 2 heterocycles. The molecule has 29 heavy (non-hydrogen) atoms. The molecule has 4 rings (SSSR count). The van der Waals surface area contributed by atoms with Crippen molar-refractivity contribution in [2.45, 2.75) is 38.1 Å². The van der Waals surface area contributed by atoms with Gasteiger partial charge in [0.1, 0.15) is 5.82 Å². The first kappa shape index (κ1) is 19.6. The van der Waals surface area contributed by atoms with E-state index < -0.39 is 0 Å². The van der Waals surface area contributed by atoms with Crippen molar-refractivity contribution in [1.29, 1.82) is 0 Å². The highest BCUT2D eigenvalue weighted by Gasteiger charge is 2.28. The maximum Gasteiger partial charge on any atom is 0.227 e. The maximum absolute atomic E-state index is 13.4. The fourth-order valence-electron chi connectivity index (χ4n) is 3.74. The van der Waals surface area contributed by atoms with E-state index in [-0.39, 0.29) is 17.8 Å². The first-order valence-corrected chi connectivity index (χ1v) is 10.1. The Morgan fingerprint density at radius 2 is 2.07 bits per heavy atom. The van der Waals surface area contributed by atoms with E-state index >= 15 is 0 Å². The van der Waals surface area contributed by atoms with Crippen molar-refractivity contribution in [2.75, 3.05) is 6.54 Å². The van der Waals surface area contributed by atoms with Gasteiger partial charge in [-0.1, -0.05) is 28.9 Å². The molecule has 1 aliphatic rings. The van der Waals surface area contributed by atoms with Crippen LogP contribution in [0, 0.1) is 5.82 Å². The normalized spacial score (nSPS) is 16.3. The van der Waals surface area contributed by atoms with E-state index in [1.54, 1.807) is 18.2 Å². The highest BCUT2D eigenvalue weighted by Crippen LogP contribution is 2.23. The van der Waals surface area contributed by atoms with Crippen LogP contribution in [0.1, 0.15) is 30.7 Å². The minimum Gasteiger partial charge on any atom is -0.339 e.